The van der Waals surface area contributed by atoms with Crippen LogP contribution in [0, 0.1) is 0 Å². The lowest BCUT2D eigenvalue weighted by Gasteiger charge is -2.36. The molecule has 0 bridgehead atoms. The Bertz CT molecular complexity index is 892. The van der Waals surface area contributed by atoms with Crippen molar-refractivity contribution in [3.8, 4) is 0 Å². The fourth-order valence-corrected chi connectivity index (χ4v) is 5.53. The lowest BCUT2D eigenvalue weighted by atomic mass is 10.2. The van der Waals surface area contributed by atoms with Gasteiger partial charge < -0.3 is 15.1 Å². The number of hydrogen-bond donors (Lipinski definition) is 1. The van der Waals surface area contributed by atoms with E-state index in [9.17, 15) is 13.2 Å². The third-order valence-corrected chi connectivity index (χ3v) is 8.04. The Labute approximate surface area is 170 Å². The molecule has 1 aromatic carbocycles. The average molecular weight is 423 g/mol. The van der Waals surface area contributed by atoms with Gasteiger partial charge in [0.2, 0.25) is 5.91 Å². The van der Waals surface area contributed by atoms with E-state index in [1.54, 1.807) is 17.5 Å². The first kappa shape index (κ1) is 20.8. The third-order valence-electron chi connectivity index (χ3n) is 4.86. The Hall–Kier alpha value is -1.94. The summed E-state index contributed by atoms with van der Waals surface area (Å²) in [5, 5.41) is 4.59. The molecule has 28 heavy (non-hydrogen) atoms. The molecule has 3 rings (SSSR count). The molecule has 7 nitrogen and oxygen atoms in total. The number of sulfonamides is 1. The summed E-state index contributed by atoms with van der Waals surface area (Å²) in [6.07, 6.45) is 0. The predicted octanol–water partition coefficient (Wildman–Crippen LogP) is 2.15. The maximum Gasteiger partial charge on any atom is 0.252 e. The molecule has 0 atom stereocenters. The van der Waals surface area contributed by atoms with E-state index in [1.165, 1.54) is 7.05 Å². The number of nitrogens with zero attached hydrogens (tertiary/aromatic N) is 3. The predicted molar refractivity (Wildman–Crippen MR) is 114 cm³/mol. The molecule has 0 spiro atoms. The minimum absolute atomic E-state index is 0.233. The van der Waals surface area contributed by atoms with E-state index in [-0.39, 0.29) is 16.7 Å². The number of piperazine rings is 1. The van der Waals surface area contributed by atoms with Crippen LogP contribution < -0.4 is 10.2 Å². The second-order valence-corrected chi connectivity index (χ2v) is 9.90. The fraction of sp³-hybridized carbons (Fsp3) is 0.421. The highest BCUT2D eigenvalue weighted by Gasteiger charge is 2.24. The van der Waals surface area contributed by atoms with Crippen LogP contribution in [-0.2, 0) is 14.8 Å². The molecule has 1 aliphatic heterocycles. The highest BCUT2D eigenvalue weighted by atomic mass is 32.2. The minimum atomic E-state index is -3.65. The number of rotatable bonds is 7. The number of likely N-dealkylation sites (N-methyl/N-ethyl adjacent to an activating group) is 2. The lowest BCUT2D eigenvalue weighted by molar-refractivity contribution is -0.116. The number of anilines is 2. The molecule has 0 radical (unpaired) electrons. The van der Waals surface area contributed by atoms with Gasteiger partial charge in [0, 0.05) is 33.2 Å². The molecule has 1 amide bonds. The van der Waals surface area contributed by atoms with Crippen molar-refractivity contribution < 1.29 is 13.2 Å². The molecular weight excluding hydrogens is 396 g/mol. The van der Waals surface area contributed by atoms with Crippen LogP contribution in [0.5, 0.6) is 0 Å². The number of thiophene rings is 1. The summed E-state index contributed by atoms with van der Waals surface area (Å²) >= 11 is 1.14. The molecule has 2 heterocycles. The maximum absolute atomic E-state index is 12.5. The first-order valence-corrected chi connectivity index (χ1v) is 11.6. The third kappa shape index (κ3) is 4.72. The summed E-state index contributed by atoms with van der Waals surface area (Å²) in [4.78, 5) is 17.2. The van der Waals surface area contributed by atoms with Crippen LogP contribution in [0.15, 0.2) is 46.0 Å². The maximum atomic E-state index is 12.5. The molecule has 1 fully saturated rings. The average Bonchev–Trinajstić information content (AvgIpc) is 3.24. The molecule has 0 unspecified atom stereocenters. The van der Waals surface area contributed by atoms with Gasteiger partial charge in [-0.3, -0.25) is 4.79 Å². The van der Waals surface area contributed by atoms with Gasteiger partial charge in [0.05, 0.1) is 17.9 Å². The van der Waals surface area contributed by atoms with Crippen molar-refractivity contribution in [2.45, 2.75) is 11.1 Å². The molecule has 9 heteroatoms. The summed E-state index contributed by atoms with van der Waals surface area (Å²) in [6.45, 7) is 6.72. The van der Waals surface area contributed by atoms with Crippen LogP contribution in [0.1, 0.15) is 6.92 Å². The minimum Gasteiger partial charge on any atom is -0.367 e. The monoisotopic (exact) mass is 422 g/mol. The highest BCUT2D eigenvalue weighted by molar-refractivity contribution is 7.91. The number of para-hydroxylation sites is 2. The molecule has 1 saturated heterocycles. The van der Waals surface area contributed by atoms with E-state index in [0.29, 0.717) is 5.69 Å². The molecule has 1 N–H and O–H groups in total. The van der Waals surface area contributed by atoms with Crippen LogP contribution in [-0.4, -0.2) is 69.8 Å². The quantitative estimate of drug-likeness (QED) is 0.740. The number of carbonyl (C=O) groups excluding carboxylic acids is 1. The first-order chi connectivity index (χ1) is 13.4. The Morgan fingerprint density at radius 3 is 2.50 bits per heavy atom. The van der Waals surface area contributed by atoms with Crippen molar-refractivity contribution in [1.82, 2.24) is 9.21 Å². The zero-order valence-electron chi connectivity index (χ0n) is 16.2. The summed E-state index contributed by atoms with van der Waals surface area (Å²) in [5.41, 5.74) is 1.68. The summed E-state index contributed by atoms with van der Waals surface area (Å²) in [6, 6.07) is 10.9. The van der Waals surface area contributed by atoms with Crippen LogP contribution in [0.4, 0.5) is 11.4 Å². The Balaban J connectivity index is 1.66. The number of benzene rings is 1. The van der Waals surface area contributed by atoms with Gasteiger partial charge in [-0.05, 0) is 30.1 Å². The van der Waals surface area contributed by atoms with Crippen molar-refractivity contribution in [3.63, 3.8) is 0 Å². The Kier molecular flexibility index (Phi) is 6.71. The van der Waals surface area contributed by atoms with Crippen LogP contribution in [0.2, 0.25) is 0 Å². The second kappa shape index (κ2) is 9.04. The largest absolute Gasteiger partial charge is 0.367 e. The van der Waals surface area contributed by atoms with Gasteiger partial charge in [0.25, 0.3) is 10.0 Å². The highest BCUT2D eigenvalue weighted by Crippen LogP contribution is 2.27. The van der Waals surface area contributed by atoms with E-state index in [1.807, 2.05) is 24.3 Å². The lowest BCUT2D eigenvalue weighted by Crippen LogP contribution is -2.46. The SMILES string of the molecule is CCN1CCN(c2ccccc2NC(=O)CN(C)S(=O)(=O)c2cccs2)CC1. The van der Waals surface area contributed by atoms with Crippen LogP contribution in [0.3, 0.4) is 0 Å². The van der Waals surface area contributed by atoms with Gasteiger partial charge in [0.1, 0.15) is 4.21 Å². The van der Waals surface area contributed by atoms with Gasteiger partial charge in [-0.2, -0.15) is 4.31 Å². The van der Waals surface area contributed by atoms with Crippen molar-refractivity contribution >= 4 is 38.6 Å². The molecule has 0 saturated carbocycles. The van der Waals surface area contributed by atoms with Crippen molar-refractivity contribution in [2.75, 3.05) is 56.5 Å². The number of hydrogen-bond acceptors (Lipinski definition) is 6. The zero-order valence-corrected chi connectivity index (χ0v) is 17.8. The first-order valence-electron chi connectivity index (χ1n) is 9.28. The Morgan fingerprint density at radius 1 is 1.14 bits per heavy atom. The second-order valence-electron chi connectivity index (χ2n) is 6.68. The van der Waals surface area contributed by atoms with E-state index >= 15 is 0 Å². The van der Waals surface area contributed by atoms with E-state index in [2.05, 4.69) is 22.0 Å². The van der Waals surface area contributed by atoms with E-state index < -0.39 is 10.0 Å². The van der Waals surface area contributed by atoms with Gasteiger partial charge in [-0.25, -0.2) is 8.42 Å². The molecule has 1 aliphatic rings. The normalized spacial score (nSPS) is 15.8. The molecule has 1 aromatic heterocycles. The van der Waals surface area contributed by atoms with Gasteiger partial charge in [-0.1, -0.05) is 25.1 Å². The fourth-order valence-electron chi connectivity index (χ4n) is 3.20. The van der Waals surface area contributed by atoms with Gasteiger partial charge in [-0.15, -0.1) is 11.3 Å². The molecule has 2 aromatic rings. The summed E-state index contributed by atoms with van der Waals surface area (Å²) < 4.78 is 26.3. The smallest absolute Gasteiger partial charge is 0.252 e. The zero-order chi connectivity index (χ0) is 20.1. The van der Waals surface area contributed by atoms with Crippen LogP contribution >= 0.6 is 11.3 Å². The van der Waals surface area contributed by atoms with Crippen molar-refractivity contribution in [2.24, 2.45) is 0 Å². The van der Waals surface area contributed by atoms with E-state index in [0.717, 1.165) is 54.1 Å². The van der Waals surface area contributed by atoms with Crippen molar-refractivity contribution in [3.05, 3.63) is 41.8 Å². The summed E-state index contributed by atoms with van der Waals surface area (Å²) in [7, 11) is -2.23. The van der Waals surface area contributed by atoms with E-state index in [4.69, 9.17) is 0 Å². The summed E-state index contributed by atoms with van der Waals surface area (Å²) in [5.74, 6) is -0.359. The number of carbonyl (C=O) groups is 1. The van der Waals surface area contributed by atoms with Gasteiger partial charge >= 0.3 is 0 Å². The topological polar surface area (TPSA) is 73.0 Å². The number of nitrogens with one attached hydrogen (secondary N) is 1. The van der Waals surface area contributed by atoms with Crippen molar-refractivity contribution in [1.29, 1.82) is 0 Å². The number of amides is 1. The standard InChI is InChI=1S/C19H26N4O3S2/c1-3-22-10-12-23(13-11-22)17-8-5-4-7-16(17)20-18(24)15-21(2)28(25,26)19-9-6-14-27-19/h4-9,14H,3,10-13,15H2,1-2H3,(H,20,24). The molecule has 0 aliphatic carbocycles. The Morgan fingerprint density at radius 2 is 1.86 bits per heavy atom. The van der Waals surface area contributed by atoms with Crippen LogP contribution in [0.25, 0.3) is 0 Å². The molecule has 152 valence electrons. The molecular formula is C19H26N4O3S2. The van der Waals surface area contributed by atoms with Gasteiger partial charge in [0.15, 0.2) is 0 Å².